The van der Waals surface area contributed by atoms with Gasteiger partial charge in [-0.25, -0.2) is 4.79 Å². The Labute approximate surface area is 67.2 Å². The highest BCUT2D eigenvalue weighted by molar-refractivity contribution is 5.85. The number of hydrogen-bond donors (Lipinski definition) is 0. The van der Waals surface area contributed by atoms with Gasteiger partial charge in [-0.05, 0) is 25.3 Å². The second-order valence-electron chi connectivity index (χ2n) is 2.96. The first kappa shape index (κ1) is 8.31. The Balaban J connectivity index is 2.38. The second-order valence-corrected chi connectivity index (χ2v) is 2.96. The highest BCUT2D eigenvalue weighted by Gasteiger charge is 2.21. The van der Waals surface area contributed by atoms with E-state index in [-0.39, 0.29) is 12.1 Å². The summed E-state index contributed by atoms with van der Waals surface area (Å²) >= 11 is 0. The van der Waals surface area contributed by atoms with Gasteiger partial charge in [0, 0.05) is 6.08 Å². The summed E-state index contributed by atoms with van der Waals surface area (Å²) in [5, 5.41) is 0. The minimum atomic E-state index is -0.177. The fourth-order valence-electron chi connectivity index (χ4n) is 1.22. The van der Waals surface area contributed by atoms with Crippen LogP contribution in [0.2, 0.25) is 0 Å². The molecular formula is C9H14O2. The number of carbonyl (C=O) groups excluding carboxylic acids is 1. The SMILES string of the molecule is CCCC[C@H]1OC(=O)C=C1C. The van der Waals surface area contributed by atoms with E-state index in [0.717, 1.165) is 24.8 Å². The molecule has 0 unspecified atom stereocenters. The summed E-state index contributed by atoms with van der Waals surface area (Å²) < 4.78 is 5.04. The first-order valence-electron chi connectivity index (χ1n) is 4.13. The van der Waals surface area contributed by atoms with E-state index in [4.69, 9.17) is 4.74 Å². The smallest absolute Gasteiger partial charge is 0.331 e. The molecule has 0 spiro atoms. The Morgan fingerprint density at radius 3 is 2.82 bits per heavy atom. The largest absolute Gasteiger partial charge is 0.455 e. The van der Waals surface area contributed by atoms with Crippen LogP contribution in [-0.2, 0) is 9.53 Å². The third-order valence-corrected chi connectivity index (χ3v) is 1.93. The molecule has 0 amide bonds. The molecule has 1 aliphatic heterocycles. The van der Waals surface area contributed by atoms with Crippen LogP contribution in [0.4, 0.5) is 0 Å². The van der Waals surface area contributed by atoms with E-state index in [9.17, 15) is 4.79 Å². The average Bonchev–Trinajstić information content (AvgIpc) is 2.26. The lowest BCUT2D eigenvalue weighted by molar-refractivity contribution is -0.139. The maximum absolute atomic E-state index is 10.7. The van der Waals surface area contributed by atoms with Gasteiger partial charge in [0.2, 0.25) is 0 Å². The number of esters is 1. The molecule has 0 bridgehead atoms. The molecule has 2 heteroatoms. The van der Waals surface area contributed by atoms with Crippen molar-refractivity contribution in [1.29, 1.82) is 0 Å². The van der Waals surface area contributed by atoms with Crippen molar-refractivity contribution < 1.29 is 9.53 Å². The summed E-state index contributed by atoms with van der Waals surface area (Å²) in [6.07, 6.45) is 4.91. The molecule has 1 rings (SSSR count). The van der Waals surface area contributed by atoms with Gasteiger partial charge in [-0.2, -0.15) is 0 Å². The number of hydrogen-bond acceptors (Lipinski definition) is 2. The molecule has 0 N–H and O–H groups in total. The molecule has 0 fully saturated rings. The summed E-state index contributed by atoms with van der Waals surface area (Å²) in [6.45, 7) is 4.08. The summed E-state index contributed by atoms with van der Waals surface area (Å²) in [7, 11) is 0. The van der Waals surface area contributed by atoms with E-state index in [0.29, 0.717) is 0 Å². The van der Waals surface area contributed by atoms with Crippen molar-refractivity contribution in [3.63, 3.8) is 0 Å². The van der Waals surface area contributed by atoms with Gasteiger partial charge < -0.3 is 4.74 Å². The predicted octanol–water partition coefficient (Wildman–Crippen LogP) is 2.05. The maximum atomic E-state index is 10.7. The molecule has 0 radical (unpaired) electrons. The van der Waals surface area contributed by atoms with Gasteiger partial charge in [-0.3, -0.25) is 0 Å². The lowest BCUT2D eigenvalue weighted by Gasteiger charge is -2.09. The summed E-state index contributed by atoms with van der Waals surface area (Å²) in [4.78, 5) is 10.7. The van der Waals surface area contributed by atoms with E-state index >= 15 is 0 Å². The molecule has 11 heavy (non-hydrogen) atoms. The standard InChI is InChI=1S/C9H14O2/c1-3-4-5-8-7(2)6-9(10)11-8/h6,8H,3-5H2,1-2H3/t8-/m1/s1. The molecule has 62 valence electrons. The average molecular weight is 154 g/mol. The molecule has 0 aromatic carbocycles. The Hall–Kier alpha value is -0.790. The van der Waals surface area contributed by atoms with Gasteiger partial charge in [0.05, 0.1) is 0 Å². The monoisotopic (exact) mass is 154 g/mol. The quantitative estimate of drug-likeness (QED) is 0.581. The summed E-state index contributed by atoms with van der Waals surface area (Å²) in [6, 6.07) is 0. The molecule has 1 aliphatic rings. The van der Waals surface area contributed by atoms with Crippen LogP contribution in [0.25, 0.3) is 0 Å². The Morgan fingerprint density at radius 2 is 2.36 bits per heavy atom. The number of unbranched alkanes of at least 4 members (excludes halogenated alkanes) is 1. The van der Waals surface area contributed by atoms with Crippen LogP contribution < -0.4 is 0 Å². The van der Waals surface area contributed by atoms with Crippen molar-refractivity contribution in [2.75, 3.05) is 0 Å². The van der Waals surface area contributed by atoms with Crippen molar-refractivity contribution in [2.45, 2.75) is 39.2 Å². The van der Waals surface area contributed by atoms with Crippen molar-refractivity contribution in [2.24, 2.45) is 0 Å². The Kier molecular flexibility index (Phi) is 2.69. The van der Waals surface area contributed by atoms with E-state index < -0.39 is 0 Å². The number of rotatable bonds is 3. The van der Waals surface area contributed by atoms with E-state index in [1.165, 1.54) is 0 Å². The topological polar surface area (TPSA) is 26.3 Å². The first-order chi connectivity index (χ1) is 5.24. The van der Waals surface area contributed by atoms with Gasteiger partial charge in [-0.15, -0.1) is 0 Å². The number of cyclic esters (lactones) is 1. The maximum Gasteiger partial charge on any atom is 0.331 e. The molecule has 0 aliphatic carbocycles. The van der Waals surface area contributed by atoms with E-state index in [1.807, 2.05) is 6.92 Å². The predicted molar refractivity (Wildman–Crippen MR) is 43.2 cm³/mol. The van der Waals surface area contributed by atoms with Crippen LogP contribution in [0.5, 0.6) is 0 Å². The zero-order chi connectivity index (χ0) is 8.27. The van der Waals surface area contributed by atoms with Crippen molar-refractivity contribution in [3.05, 3.63) is 11.6 Å². The van der Waals surface area contributed by atoms with Crippen LogP contribution in [0.15, 0.2) is 11.6 Å². The zero-order valence-corrected chi connectivity index (χ0v) is 7.09. The first-order valence-corrected chi connectivity index (χ1v) is 4.13. The van der Waals surface area contributed by atoms with Gasteiger partial charge in [0.1, 0.15) is 6.10 Å². The third kappa shape index (κ3) is 2.07. The Bertz CT molecular complexity index is 182. The van der Waals surface area contributed by atoms with Crippen molar-refractivity contribution in [3.8, 4) is 0 Å². The minimum Gasteiger partial charge on any atom is -0.455 e. The number of ether oxygens (including phenoxy) is 1. The van der Waals surface area contributed by atoms with E-state index in [2.05, 4.69) is 6.92 Å². The minimum absolute atomic E-state index is 0.0717. The fraction of sp³-hybridized carbons (Fsp3) is 0.667. The fourth-order valence-corrected chi connectivity index (χ4v) is 1.22. The summed E-state index contributed by atoms with van der Waals surface area (Å²) in [5.41, 5.74) is 1.07. The molecule has 1 atom stereocenters. The molecular weight excluding hydrogens is 140 g/mol. The second kappa shape index (κ2) is 3.56. The van der Waals surface area contributed by atoms with Gasteiger partial charge in [0.25, 0.3) is 0 Å². The van der Waals surface area contributed by atoms with Crippen LogP contribution >= 0.6 is 0 Å². The molecule has 2 nitrogen and oxygen atoms in total. The number of carbonyl (C=O) groups is 1. The normalized spacial score (nSPS) is 23.3. The van der Waals surface area contributed by atoms with Gasteiger partial charge >= 0.3 is 5.97 Å². The lowest BCUT2D eigenvalue weighted by atomic mass is 10.1. The van der Waals surface area contributed by atoms with Crippen molar-refractivity contribution in [1.82, 2.24) is 0 Å². The molecule has 0 saturated carbocycles. The zero-order valence-electron chi connectivity index (χ0n) is 7.09. The van der Waals surface area contributed by atoms with Gasteiger partial charge in [0.15, 0.2) is 0 Å². The molecule has 0 aromatic heterocycles. The highest BCUT2D eigenvalue weighted by Crippen LogP contribution is 2.19. The summed E-state index contributed by atoms with van der Waals surface area (Å²) in [5.74, 6) is -0.177. The Morgan fingerprint density at radius 1 is 1.64 bits per heavy atom. The molecule has 0 aromatic rings. The van der Waals surface area contributed by atoms with E-state index in [1.54, 1.807) is 6.08 Å². The lowest BCUT2D eigenvalue weighted by Crippen LogP contribution is -2.09. The molecule has 1 heterocycles. The highest BCUT2D eigenvalue weighted by atomic mass is 16.5. The van der Waals surface area contributed by atoms with Crippen molar-refractivity contribution >= 4 is 5.97 Å². The molecule has 0 saturated heterocycles. The third-order valence-electron chi connectivity index (χ3n) is 1.93. The van der Waals surface area contributed by atoms with Crippen LogP contribution in [0.1, 0.15) is 33.1 Å². The van der Waals surface area contributed by atoms with Crippen LogP contribution in [-0.4, -0.2) is 12.1 Å². The van der Waals surface area contributed by atoms with Gasteiger partial charge in [-0.1, -0.05) is 13.3 Å². The van der Waals surface area contributed by atoms with Crippen LogP contribution in [0, 0.1) is 0 Å². The van der Waals surface area contributed by atoms with Crippen LogP contribution in [0.3, 0.4) is 0 Å².